The van der Waals surface area contributed by atoms with Gasteiger partial charge in [0.05, 0.1) is 23.7 Å². The van der Waals surface area contributed by atoms with Gasteiger partial charge in [0.1, 0.15) is 6.10 Å². The summed E-state index contributed by atoms with van der Waals surface area (Å²) in [6, 6.07) is 16.3. The molecule has 0 saturated carbocycles. The Balaban J connectivity index is 1.77. The number of aryl methyl sites for hydroxylation is 1. The van der Waals surface area contributed by atoms with Crippen molar-refractivity contribution in [2.45, 2.75) is 56.4 Å². The molecule has 2 aromatic rings. The van der Waals surface area contributed by atoms with E-state index in [2.05, 4.69) is 0 Å². The van der Waals surface area contributed by atoms with Crippen LogP contribution in [0.25, 0.3) is 0 Å². The second-order valence-corrected chi connectivity index (χ2v) is 8.48. The SMILES string of the molecule is CO[C@@H]1C[C@@H](OCc2ccccc2)[C@H](OS(=O)(=O)c2ccc(C)cc2)[C@@H](C)O1. The Hall–Kier alpha value is -1.77. The first-order valence-electron chi connectivity index (χ1n) is 9.23. The van der Waals surface area contributed by atoms with Gasteiger partial charge in [0.2, 0.25) is 0 Å². The lowest BCUT2D eigenvalue weighted by Gasteiger charge is -2.39. The molecule has 0 radical (unpaired) electrons. The van der Waals surface area contributed by atoms with E-state index in [4.69, 9.17) is 18.4 Å². The van der Waals surface area contributed by atoms with E-state index >= 15 is 0 Å². The summed E-state index contributed by atoms with van der Waals surface area (Å²) in [6.07, 6.45) is -1.88. The fourth-order valence-corrected chi connectivity index (χ4v) is 4.29. The van der Waals surface area contributed by atoms with E-state index in [-0.39, 0.29) is 4.90 Å². The number of ether oxygens (including phenoxy) is 3. The van der Waals surface area contributed by atoms with Crippen molar-refractivity contribution in [2.24, 2.45) is 0 Å². The van der Waals surface area contributed by atoms with E-state index in [0.29, 0.717) is 13.0 Å². The first kappa shape index (κ1) is 21.0. The van der Waals surface area contributed by atoms with Crippen molar-refractivity contribution in [3.05, 3.63) is 65.7 Å². The van der Waals surface area contributed by atoms with Gasteiger partial charge in [-0.15, -0.1) is 0 Å². The monoisotopic (exact) mass is 406 g/mol. The molecule has 152 valence electrons. The average Bonchev–Trinajstić information content (AvgIpc) is 2.69. The minimum atomic E-state index is -3.95. The summed E-state index contributed by atoms with van der Waals surface area (Å²) in [7, 11) is -2.40. The fourth-order valence-electron chi connectivity index (χ4n) is 3.14. The Labute approximate surface area is 166 Å². The zero-order valence-corrected chi connectivity index (χ0v) is 17.1. The van der Waals surface area contributed by atoms with Gasteiger partial charge < -0.3 is 14.2 Å². The highest BCUT2D eigenvalue weighted by Crippen LogP contribution is 2.29. The van der Waals surface area contributed by atoms with Gasteiger partial charge in [-0.2, -0.15) is 8.42 Å². The first-order chi connectivity index (χ1) is 13.4. The third-order valence-electron chi connectivity index (χ3n) is 4.74. The van der Waals surface area contributed by atoms with Gasteiger partial charge in [-0.25, -0.2) is 0 Å². The van der Waals surface area contributed by atoms with E-state index in [1.807, 2.05) is 37.3 Å². The normalized spacial score (nSPS) is 25.5. The second kappa shape index (κ2) is 9.15. The lowest BCUT2D eigenvalue weighted by Crippen LogP contribution is -2.50. The molecule has 28 heavy (non-hydrogen) atoms. The van der Waals surface area contributed by atoms with Crippen LogP contribution in [-0.2, 0) is 35.1 Å². The van der Waals surface area contributed by atoms with Crippen molar-refractivity contribution < 1.29 is 26.8 Å². The van der Waals surface area contributed by atoms with E-state index in [1.165, 1.54) is 12.1 Å². The van der Waals surface area contributed by atoms with Crippen molar-refractivity contribution in [3.63, 3.8) is 0 Å². The van der Waals surface area contributed by atoms with Crippen LogP contribution >= 0.6 is 0 Å². The quantitative estimate of drug-likeness (QED) is 0.656. The molecule has 4 atom stereocenters. The average molecular weight is 407 g/mol. The molecule has 1 aliphatic rings. The minimum Gasteiger partial charge on any atom is -0.370 e. The minimum absolute atomic E-state index is 0.112. The molecule has 1 saturated heterocycles. The van der Waals surface area contributed by atoms with Gasteiger partial charge in [-0.05, 0) is 31.5 Å². The Morgan fingerprint density at radius 2 is 1.75 bits per heavy atom. The molecule has 7 heteroatoms. The molecule has 0 N–H and O–H groups in total. The molecule has 0 aromatic heterocycles. The molecule has 6 nitrogen and oxygen atoms in total. The van der Waals surface area contributed by atoms with Crippen LogP contribution in [0.3, 0.4) is 0 Å². The maximum atomic E-state index is 12.8. The Bertz CT molecular complexity index is 850. The maximum absolute atomic E-state index is 12.8. The highest BCUT2D eigenvalue weighted by Gasteiger charge is 2.41. The van der Waals surface area contributed by atoms with Gasteiger partial charge in [0.15, 0.2) is 6.29 Å². The number of rotatable bonds is 7. The van der Waals surface area contributed by atoms with Crippen molar-refractivity contribution in [1.82, 2.24) is 0 Å². The Kier molecular flexibility index (Phi) is 6.85. The van der Waals surface area contributed by atoms with Crippen molar-refractivity contribution in [3.8, 4) is 0 Å². The summed E-state index contributed by atoms with van der Waals surface area (Å²) in [6.45, 7) is 4.01. The van der Waals surface area contributed by atoms with Crippen molar-refractivity contribution in [1.29, 1.82) is 0 Å². The van der Waals surface area contributed by atoms with E-state index in [9.17, 15) is 8.42 Å². The van der Waals surface area contributed by atoms with Gasteiger partial charge in [-0.1, -0.05) is 48.0 Å². The predicted molar refractivity (Wildman–Crippen MR) is 104 cm³/mol. The summed E-state index contributed by atoms with van der Waals surface area (Å²) >= 11 is 0. The molecular formula is C21H26O6S. The van der Waals surface area contributed by atoms with Crippen LogP contribution in [0.15, 0.2) is 59.5 Å². The smallest absolute Gasteiger partial charge is 0.297 e. The summed E-state index contributed by atoms with van der Waals surface area (Å²) in [5, 5.41) is 0. The molecule has 0 bridgehead atoms. The second-order valence-electron chi connectivity index (χ2n) is 6.91. The van der Waals surface area contributed by atoms with Crippen LogP contribution < -0.4 is 0 Å². The molecule has 0 aliphatic carbocycles. The van der Waals surface area contributed by atoms with Gasteiger partial charge >= 0.3 is 0 Å². The summed E-state index contributed by atoms with van der Waals surface area (Å²) in [5.74, 6) is 0. The van der Waals surface area contributed by atoms with Crippen LogP contribution in [-0.4, -0.2) is 40.1 Å². The van der Waals surface area contributed by atoms with E-state index < -0.39 is 34.7 Å². The number of benzene rings is 2. The Morgan fingerprint density at radius 1 is 1.07 bits per heavy atom. The van der Waals surface area contributed by atoms with Crippen molar-refractivity contribution in [2.75, 3.05) is 7.11 Å². The molecule has 0 amide bonds. The zero-order valence-electron chi connectivity index (χ0n) is 16.3. The van der Waals surface area contributed by atoms with Crippen LogP contribution in [0.4, 0.5) is 0 Å². The molecule has 1 aliphatic heterocycles. The first-order valence-corrected chi connectivity index (χ1v) is 10.6. The molecule has 0 unspecified atom stereocenters. The molecular weight excluding hydrogens is 380 g/mol. The fraction of sp³-hybridized carbons (Fsp3) is 0.429. The third-order valence-corrected chi connectivity index (χ3v) is 6.06. The number of hydrogen-bond acceptors (Lipinski definition) is 6. The molecule has 3 rings (SSSR count). The van der Waals surface area contributed by atoms with Crippen LogP contribution in [0.1, 0.15) is 24.5 Å². The van der Waals surface area contributed by atoms with Crippen LogP contribution in [0.5, 0.6) is 0 Å². The van der Waals surface area contributed by atoms with Gasteiger partial charge in [-0.3, -0.25) is 4.18 Å². The summed E-state index contributed by atoms with van der Waals surface area (Å²) < 4.78 is 48.2. The molecule has 2 aromatic carbocycles. The summed E-state index contributed by atoms with van der Waals surface area (Å²) in [4.78, 5) is 0.112. The highest BCUT2D eigenvalue weighted by atomic mass is 32.2. The largest absolute Gasteiger partial charge is 0.370 e. The number of hydrogen-bond donors (Lipinski definition) is 0. The molecule has 1 heterocycles. The van der Waals surface area contributed by atoms with Gasteiger partial charge in [0.25, 0.3) is 10.1 Å². The zero-order chi connectivity index (χ0) is 20.1. The van der Waals surface area contributed by atoms with Crippen molar-refractivity contribution >= 4 is 10.1 Å². The maximum Gasteiger partial charge on any atom is 0.297 e. The van der Waals surface area contributed by atoms with Crippen LogP contribution in [0.2, 0.25) is 0 Å². The molecule has 1 fully saturated rings. The van der Waals surface area contributed by atoms with Crippen LogP contribution in [0, 0.1) is 6.92 Å². The standard InChI is InChI=1S/C21H26O6S/c1-15-9-11-18(12-10-15)28(22,23)27-21-16(2)26-20(24-3)13-19(21)25-14-17-7-5-4-6-8-17/h4-12,16,19-21H,13-14H2,1-3H3/t16-,19-,20+,21-/m1/s1. The predicted octanol–water partition coefficient (Wildman–Crippen LogP) is 3.44. The molecule has 0 spiro atoms. The number of methoxy groups -OCH3 is 1. The summed E-state index contributed by atoms with van der Waals surface area (Å²) in [5.41, 5.74) is 1.97. The lowest BCUT2D eigenvalue weighted by molar-refractivity contribution is -0.241. The topological polar surface area (TPSA) is 71.1 Å². The highest BCUT2D eigenvalue weighted by molar-refractivity contribution is 7.86. The lowest BCUT2D eigenvalue weighted by atomic mass is 10.0. The third kappa shape index (κ3) is 5.18. The van der Waals surface area contributed by atoms with Gasteiger partial charge in [0, 0.05) is 13.5 Å². The Morgan fingerprint density at radius 3 is 2.39 bits per heavy atom. The van der Waals surface area contributed by atoms with E-state index in [0.717, 1.165) is 11.1 Å². The van der Waals surface area contributed by atoms with E-state index in [1.54, 1.807) is 26.2 Å².